The smallest absolute Gasteiger partial charge is 0.242 e. The minimum Gasteiger partial charge on any atom is -0.352 e. The largest absolute Gasteiger partial charge is 0.352 e. The molecule has 1 saturated heterocycles. The number of nitrogens with zero attached hydrogens (tertiary/aromatic N) is 1. The molecular formula is C19H22N2OS. The molecule has 3 nitrogen and oxygen atoms in total. The van der Waals surface area contributed by atoms with Crippen molar-refractivity contribution in [2.45, 2.75) is 43.8 Å². The molecule has 2 heterocycles. The molecule has 1 aromatic carbocycles. The molecule has 2 unspecified atom stereocenters. The van der Waals surface area contributed by atoms with E-state index in [2.05, 4.69) is 39.9 Å². The third kappa shape index (κ3) is 3.19. The number of benzene rings is 1. The number of carbonyl (C=O) groups is 1. The molecule has 1 aliphatic heterocycles. The van der Waals surface area contributed by atoms with Crippen molar-refractivity contribution in [3.05, 3.63) is 58.3 Å². The molecule has 2 atom stereocenters. The molecule has 2 fully saturated rings. The standard InChI is InChI=1S/C19H22N2OS/c22-19(20-15-10-11-15)18(14-6-2-1-3-7-14)21-12-4-8-16(21)17-9-5-13-23-17/h1-3,5-7,9,13,15-16,18H,4,8,10-12H2,(H,20,22). The van der Waals surface area contributed by atoms with Crippen molar-refractivity contribution in [3.8, 4) is 0 Å². The Hall–Kier alpha value is -1.65. The molecule has 4 heteroatoms. The number of rotatable bonds is 5. The van der Waals surface area contributed by atoms with Crippen molar-refractivity contribution < 1.29 is 4.79 Å². The highest BCUT2D eigenvalue weighted by molar-refractivity contribution is 7.10. The van der Waals surface area contributed by atoms with E-state index in [1.54, 1.807) is 11.3 Å². The zero-order valence-electron chi connectivity index (χ0n) is 13.2. The minimum atomic E-state index is -0.175. The van der Waals surface area contributed by atoms with Crippen molar-refractivity contribution in [1.29, 1.82) is 0 Å². The number of likely N-dealkylation sites (tertiary alicyclic amines) is 1. The van der Waals surface area contributed by atoms with Crippen LogP contribution >= 0.6 is 11.3 Å². The van der Waals surface area contributed by atoms with E-state index in [1.807, 2.05) is 18.2 Å². The average Bonchev–Trinajstić information content (AvgIpc) is 3.04. The average molecular weight is 326 g/mol. The van der Waals surface area contributed by atoms with Crippen molar-refractivity contribution >= 4 is 17.2 Å². The molecule has 4 rings (SSSR count). The molecule has 1 saturated carbocycles. The lowest BCUT2D eigenvalue weighted by atomic mass is 10.0. The van der Waals surface area contributed by atoms with Crippen LogP contribution in [0.2, 0.25) is 0 Å². The van der Waals surface area contributed by atoms with E-state index in [0.29, 0.717) is 12.1 Å². The summed E-state index contributed by atoms with van der Waals surface area (Å²) in [5, 5.41) is 5.35. The monoisotopic (exact) mass is 326 g/mol. The molecule has 1 N–H and O–H groups in total. The summed E-state index contributed by atoms with van der Waals surface area (Å²) < 4.78 is 0. The molecule has 0 radical (unpaired) electrons. The van der Waals surface area contributed by atoms with Crippen LogP contribution in [0.5, 0.6) is 0 Å². The summed E-state index contributed by atoms with van der Waals surface area (Å²) in [6, 6.07) is 15.1. The van der Waals surface area contributed by atoms with Crippen LogP contribution in [0.1, 0.15) is 48.2 Å². The second kappa shape index (κ2) is 6.46. The molecule has 0 spiro atoms. The van der Waals surface area contributed by atoms with Gasteiger partial charge in [0, 0.05) is 17.0 Å². The fourth-order valence-electron chi connectivity index (χ4n) is 3.52. The lowest BCUT2D eigenvalue weighted by molar-refractivity contribution is -0.127. The Bertz CT molecular complexity index is 651. The Labute approximate surface area is 141 Å². The Kier molecular flexibility index (Phi) is 4.19. The normalized spacial score (nSPS) is 22.9. The van der Waals surface area contributed by atoms with Crippen molar-refractivity contribution in [2.24, 2.45) is 0 Å². The highest BCUT2D eigenvalue weighted by Crippen LogP contribution is 2.40. The van der Waals surface area contributed by atoms with Gasteiger partial charge >= 0.3 is 0 Å². The number of hydrogen-bond donors (Lipinski definition) is 1. The second-order valence-corrected chi connectivity index (χ2v) is 7.49. The summed E-state index contributed by atoms with van der Waals surface area (Å²) in [5.74, 6) is 0.169. The summed E-state index contributed by atoms with van der Waals surface area (Å²) in [4.78, 5) is 16.7. The maximum absolute atomic E-state index is 12.9. The highest BCUT2D eigenvalue weighted by Gasteiger charge is 2.38. The summed E-state index contributed by atoms with van der Waals surface area (Å²) in [5.41, 5.74) is 1.11. The maximum atomic E-state index is 12.9. The molecule has 23 heavy (non-hydrogen) atoms. The van der Waals surface area contributed by atoms with E-state index in [9.17, 15) is 4.79 Å². The fourth-order valence-corrected chi connectivity index (χ4v) is 4.40. The molecular weight excluding hydrogens is 304 g/mol. The van der Waals surface area contributed by atoms with Gasteiger partial charge in [-0.05, 0) is 49.2 Å². The van der Waals surface area contributed by atoms with Gasteiger partial charge in [-0.15, -0.1) is 11.3 Å². The highest BCUT2D eigenvalue weighted by atomic mass is 32.1. The van der Waals surface area contributed by atoms with Crippen LogP contribution in [0.4, 0.5) is 0 Å². The van der Waals surface area contributed by atoms with Gasteiger partial charge in [-0.25, -0.2) is 0 Å². The first-order valence-electron chi connectivity index (χ1n) is 8.47. The van der Waals surface area contributed by atoms with Gasteiger partial charge in [0.05, 0.1) is 0 Å². The zero-order valence-corrected chi connectivity index (χ0v) is 14.0. The van der Waals surface area contributed by atoms with Crippen LogP contribution in [-0.2, 0) is 4.79 Å². The van der Waals surface area contributed by atoms with Gasteiger partial charge in [0.15, 0.2) is 0 Å². The van der Waals surface area contributed by atoms with E-state index < -0.39 is 0 Å². The van der Waals surface area contributed by atoms with Gasteiger partial charge in [0.25, 0.3) is 0 Å². The van der Waals surface area contributed by atoms with Gasteiger partial charge in [0.1, 0.15) is 6.04 Å². The summed E-state index contributed by atoms with van der Waals surface area (Å²) in [7, 11) is 0. The van der Waals surface area contributed by atoms with Crippen LogP contribution in [0.3, 0.4) is 0 Å². The third-order valence-corrected chi connectivity index (χ3v) is 5.76. The third-order valence-electron chi connectivity index (χ3n) is 4.78. The van der Waals surface area contributed by atoms with Gasteiger partial charge in [-0.1, -0.05) is 36.4 Å². The predicted octanol–water partition coefficient (Wildman–Crippen LogP) is 3.90. The lowest BCUT2D eigenvalue weighted by Crippen LogP contribution is -2.41. The molecule has 1 aliphatic carbocycles. The summed E-state index contributed by atoms with van der Waals surface area (Å²) in [6.45, 7) is 0.986. The van der Waals surface area contributed by atoms with E-state index in [1.165, 1.54) is 4.88 Å². The van der Waals surface area contributed by atoms with Gasteiger partial charge < -0.3 is 5.32 Å². The SMILES string of the molecule is O=C(NC1CC1)C(c1ccccc1)N1CCCC1c1cccs1. The maximum Gasteiger partial charge on any atom is 0.242 e. The van der Waals surface area contributed by atoms with E-state index in [4.69, 9.17) is 0 Å². The summed E-state index contributed by atoms with van der Waals surface area (Å²) >= 11 is 1.80. The molecule has 1 aromatic heterocycles. The Morgan fingerprint density at radius 2 is 1.96 bits per heavy atom. The second-order valence-electron chi connectivity index (χ2n) is 6.51. The minimum absolute atomic E-state index is 0.169. The molecule has 2 aromatic rings. The molecule has 120 valence electrons. The van der Waals surface area contributed by atoms with Gasteiger partial charge in [-0.2, -0.15) is 0 Å². The first-order chi connectivity index (χ1) is 11.3. The molecule has 2 aliphatic rings. The van der Waals surface area contributed by atoms with Crippen LogP contribution in [0.15, 0.2) is 47.8 Å². The first kappa shape index (κ1) is 14.9. The van der Waals surface area contributed by atoms with Crippen LogP contribution in [0, 0.1) is 0 Å². The van der Waals surface area contributed by atoms with Crippen LogP contribution in [0.25, 0.3) is 0 Å². The Balaban J connectivity index is 1.64. The molecule has 0 bridgehead atoms. The topological polar surface area (TPSA) is 32.3 Å². The Morgan fingerprint density at radius 3 is 2.65 bits per heavy atom. The number of amides is 1. The summed E-state index contributed by atoms with van der Waals surface area (Å²) in [6.07, 6.45) is 4.55. The zero-order chi connectivity index (χ0) is 15.6. The number of hydrogen-bond acceptors (Lipinski definition) is 3. The lowest BCUT2D eigenvalue weighted by Gasteiger charge is -2.32. The first-order valence-corrected chi connectivity index (χ1v) is 9.35. The number of thiophene rings is 1. The number of nitrogens with one attached hydrogen (secondary N) is 1. The van der Waals surface area contributed by atoms with Crippen molar-refractivity contribution in [3.63, 3.8) is 0 Å². The van der Waals surface area contributed by atoms with Crippen molar-refractivity contribution in [2.75, 3.05) is 6.54 Å². The van der Waals surface area contributed by atoms with Crippen LogP contribution < -0.4 is 5.32 Å². The van der Waals surface area contributed by atoms with E-state index >= 15 is 0 Å². The van der Waals surface area contributed by atoms with E-state index in [0.717, 1.165) is 37.8 Å². The quantitative estimate of drug-likeness (QED) is 0.903. The molecule has 1 amide bonds. The predicted molar refractivity (Wildman–Crippen MR) is 93.3 cm³/mol. The van der Waals surface area contributed by atoms with Gasteiger partial charge in [-0.3, -0.25) is 9.69 Å². The fraction of sp³-hybridized carbons (Fsp3) is 0.421. The Morgan fingerprint density at radius 1 is 1.13 bits per heavy atom. The van der Waals surface area contributed by atoms with Crippen molar-refractivity contribution in [1.82, 2.24) is 10.2 Å². The number of carbonyl (C=O) groups excluding carboxylic acids is 1. The van der Waals surface area contributed by atoms with Crippen LogP contribution in [-0.4, -0.2) is 23.4 Å². The van der Waals surface area contributed by atoms with Gasteiger partial charge in [0.2, 0.25) is 5.91 Å². The van der Waals surface area contributed by atoms with E-state index in [-0.39, 0.29) is 11.9 Å².